The van der Waals surface area contributed by atoms with Crippen LogP contribution < -0.4 is 5.32 Å². The van der Waals surface area contributed by atoms with Crippen molar-refractivity contribution in [3.8, 4) is 0 Å². The number of hydrogen-bond acceptors (Lipinski definition) is 4. The van der Waals surface area contributed by atoms with E-state index in [0.717, 1.165) is 45.4 Å². The van der Waals surface area contributed by atoms with Crippen LogP contribution in [0.15, 0.2) is 0 Å². The zero-order valence-electron chi connectivity index (χ0n) is 10.9. The molecule has 5 heteroatoms. The molecule has 0 saturated carbocycles. The number of hydrogen-bond donors (Lipinski definition) is 1. The van der Waals surface area contributed by atoms with E-state index in [9.17, 15) is 8.42 Å². The van der Waals surface area contributed by atoms with Gasteiger partial charge in [0.1, 0.15) is 9.84 Å². The molecule has 2 atom stereocenters. The molecule has 0 radical (unpaired) electrons. The van der Waals surface area contributed by atoms with Crippen LogP contribution in [0.2, 0.25) is 0 Å². The van der Waals surface area contributed by atoms with Crippen molar-refractivity contribution in [2.75, 3.05) is 31.8 Å². The molecule has 0 aliphatic carbocycles. The van der Waals surface area contributed by atoms with Gasteiger partial charge in [-0.2, -0.15) is 0 Å². The Bertz CT molecular complexity index is 297. The van der Waals surface area contributed by atoms with E-state index in [2.05, 4.69) is 12.2 Å². The van der Waals surface area contributed by atoms with Crippen molar-refractivity contribution in [3.63, 3.8) is 0 Å². The lowest BCUT2D eigenvalue weighted by Crippen LogP contribution is -2.33. The van der Waals surface area contributed by atoms with Crippen molar-refractivity contribution in [1.29, 1.82) is 0 Å². The van der Waals surface area contributed by atoms with E-state index in [-0.39, 0.29) is 5.75 Å². The van der Waals surface area contributed by atoms with Crippen molar-refractivity contribution in [2.45, 2.75) is 38.6 Å². The van der Waals surface area contributed by atoms with Gasteiger partial charge >= 0.3 is 0 Å². The maximum Gasteiger partial charge on any atom is 0.147 e. The standard InChI is InChI=1S/C12H25NO3S/c1-3-6-13-12(5-8-17(2,14)15)9-11-4-7-16-10-11/h11-13H,3-10H2,1-2H3. The van der Waals surface area contributed by atoms with Gasteiger partial charge in [0.25, 0.3) is 0 Å². The molecule has 1 aliphatic heterocycles. The molecule has 0 amide bonds. The molecule has 1 rings (SSSR count). The van der Waals surface area contributed by atoms with Crippen LogP contribution in [0.25, 0.3) is 0 Å². The van der Waals surface area contributed by atoms with Crippen molar-refractivity contribution < 1.29 is 13.2 Å². The second-order valence-electron chi connectivity index (χ2n) is 5.03. The van der Waals surface area contributed by atoms with Gasteiger partial charge < -0.3 is 10.1 Å². The lowest BCUT2D eigenvalue weighted by Gasteiger charge is -2.20. The largest absolute Gasteiger partial charge is 0.381 e. The summed E-state index contributed by atoms with van der Waals surface area (Å²) in [5.41, 5.74) is 0. The Hall–Kier alpha value is -0.130. The topological polar surface area (TPSA) is 55.4 Å². The number of sulfone groups is 1. The molecule has 1 saturated heterocycles. The lowest BCUT2D eigenvalue weighted by molar-refractivity contribution is 0.181. The quantitative estimate of drug-likeness (QED) is 0.715. The molecule has 1 aliphatic rings. The first kappa shape index (κ1) is 14.9. The van der Waals surface area contributed by atoms with E-state index in [1.54, 1.807) is 0 Å². The molecule has 1 fully saturated rings. The molecular formula is C12H25NO3S. The first-order valence-corrected chi connectivity index (χ1v) is 8.56. The summed E-state index contributed by atoms with van der Waals surface area (Å²) < 4.78 is 27.8. The van der Waals surface area contributed by atoms with Crippen molar-refractivity contribution >= 4 is 9.84 Å². The molecule has 0 aromatic carbocycles. The molecule has 17 heavy (non-hydrogen) atoms. The summed E-state index contributed by atoms with van der Waals surface area (Å²) in [5, 5.41) is 3.45. The molecule has 0 aromatic heterocycles. The summed E-state index contributed by atoms with van der Waals surface area (Å²) >= 11 is 0. The lowest BCUT2D eigenvalue weighted by atomic mass is 9.97. The molecule has 0 spiro atoms. The Morgan fingerprint density at radius 1 is 1.47 bits per heavy atom. The highest BCUT2D eigenvalue weighted by atomic mass is 32.2. The first-order chi connectivity index (χ1) is 8.01. The van der Waals surface area contributed by atoms with Gasteiger partial charge in [0.15, 0.2) is 0 Å². The third-order valence-corrected chi connectivity index (χ3v) is 4.14. The maximum absolute atomic E-state index is 11.2. The summed E-state index contributed by atoms with van der Waals surface area (Å²) in [7, 11) is -2.85. The average molecular weight is 263 g/mol. The second kappa shape index (κ2) is 7.34. The number of nitrogens with one attached hydrogen (secondary N) is 1. The fourth-order valence-electron chi connectivity index (χ4n) is 2.18. The minimum absolute atomic E-state index is 0.280. The van der Waals surface area contributed by atoms with Gasteiger partial charge in [0, 0.05) is 25.5 Å². The van der Waals surface area contributed by atoms with Gasteiger partial charge in [-0.25, -0.2) is 8.42 Å². The van der Waals surface area contributed by atoms with E-state index < -0.39 is 9.84 Å². The normalized spacial score (nSPS) is 22.8. The van der Waals surface area contributed by atoms with Gasteiger partial charge in [0.05, 0.1) is 5.75 Å². The Labute approximate surface area is 105 Å². The minimum atomic E-state index is -2.85. The highest BCUT2D eigenvalue weighted by molar-refractivity contribution is 7.90. The van der Waals surface area contributed by atoms with Gasteiger partial charge in [-0.3, -0.25) is 0 Å². The van der Waals surface area contributed by atoms with Crippen LogP contribution in [0.5, 0.6) is 0 Å². The summed E-state index contributed by atoms with van der Waals surface area (Å²) in [6.07, 6.45) is 5.26. The molecule has 0 bridgehead atoms. The summed E-state index contributed by atoms with van der Waals surface area (Å²) in [6, 6.07) is 0.316. The van der Waals surface area contributed by atoms with Crippen LogP contribution in [0.4, 0.5) is 0 Å². The summed E-state index contributed by atoms with van der Waals surface area (Å²) in [5.74, 6) is 0.881. The van der Waals surface area contributed by atoms with Crippen LogP contribution in [0.1, 0.15) is 32.6 Å². The Morgan fingerprint density at radius 2 is 2.24 bits per heavy atom. The molecule has 102 valence electrons. The number of rotatable bonds is 8. The molecule has 2 unspecified atom stereocenters. The first-order valence-electron chi connectivity index (χ1n) is 6.50. The zero-order chi connectivity index (χ0) is 12.7. The monoisotopic (exact) mass is 263 g/mol. The highest BCUT2D eigenvalue weighted by Crippen LogP contribution is 2.19. The fourth-order valence-corrected chi connectivity index (χ4v) is 2.89. The van der Waals surface area contributed by atoms with Crippen LogP contribution in [-0.2, 0) is 14.6 Å². The van der Waals surface area contributed by atoms with Crippen molar-refractivity contribution in [2.24, 2.45) is 5.92 Å². The predicted molar refractivity (Wildman–Crippen MR) is 70.0 cm³/mol. The van der Waals surface area contributed by atoms with E-state index >= 15 is 0 Å². The molecule has 4 nitrogen and oxygen atoms in total. The van der Waals surface area contributed by atoms with Gasteiger partial charge in [-0.05, 0) is 38.1 Å². The van der Waals surface area contributed by atoms with Crippen LogP contribution in [0.3, 0.4) is 0 Å². The fraction of sp³-hybridized carbons (Fsp3) is 1.00. The van der Waals surface area contributed by atoms with E-state index in [4.69, 9.17) is 4.74 Å². The number of ether oxygens (including phenoxy) is 1. The van der Waals surface area contributed by atoms with E-state index in [1.807, 2.05) is 0 Å². The Kier molecular flexibility index (Phi) is 6.44. The molecule has 1 N–H and O–H groups in total. The van der Waals surface area contributed by atoms with Crippen LogP contribution in [0, 0.1) is 5.92 Å². The van der Waals surface area contributed by atoms with E-state index in [0.29, 0.717) is 12.0 Å². The van der Waals surface area contributed by atoms with Crippen LogP contribution >= 0.6 is 0 Å². The van der Waals surface area contributed by atoms with Gasteiger partial charge in [-0.15, -0.1) is 0 Å². The molecule has 0 aromatic rings. The van der Waals surface area contributed by atoms with Gasteiger partial charge in [-0.1, -0.05) is 6.92 Å². The average Bonchev–Trinajstić information content (AvgIpc) is 2.73. The molecular weight excluding hydrogens is 238 g/mol. The Morgan fingerprint density at radius 3 is 2.76 bits per heavy atom. The predicted octanol–water partition coefficient (Wildman–Crippen LogP) is 1.22. The Balaban J connectivity index is 2.35. The zero-order valence-corrected chi connectivity index (χ0v) is 11.8. The van der Waals surface area contributed by atoms with Crippen molar-refractivity contribution in [3.05, 3.63) is 0 Å². The smallest absolute Gasteiger partial charge is 0.147 e. The molecule has 1 heterocycles. The third-order valence-electron chi connectivity index (χ3n) is 3.16. The highest BCUT2D eigenvalue weighted by Gasteiger charge is 2.21. The summed E-state index contributed by atoms with van der Waals surface area (Å²) in [4.78, 5) is 0. The maximum atomic E-state index is 11.2. The van der Waals surface area contributed by atoms with E-state index in [1.165, 1.54) is 6.26 Å². The van der Waals surface area contributed by atoms with Gasteiger partial charge in [0.2, 0.25) is 0 Å². The second-order valence-corrected chi connectivity index (χ2v) is 7.29. The minimum Gasteiger partial charge on any atom is -0.381 e. The van der Waals surface area contributed by atoms with Crippen LogP contribution in [-0.4, -0.2) is 46.2 Å². The summed E-state index contributed by atoms with van der Waals surface area (Å²) in [6.45, 7) is 4.78. The SMILES string of the molecule is CCCNC(CCS(C)(=O)=O)CC1CCOC1. The van der Waals surface area contributed by atoms with Crippen molar-refractivity contribution in [1.82, 2.24) is 5.32 Å². The third kappa shape index (κ3) is 7.01.